The first-order valence-corrected chi connectivity index (χ1v) is 4.71. The van der Waals surface area contributed by atoms with E-state index >= 15 is 0 Å². The van der Waals surface area contributed by atoms with Crippen LogP contribution in [0.2, 0.25) is 0 Å². The Kier molecular flexibility index (Phi) is 3.69. The van der Waals surface area contributed by atoms with Gasteiger partial charge in [0, 0.05) is 40.3 Å². The van der Waals surface area contributed by atoms with Gasteiger partial charge in [0.15, 0.2) is 0 Å². The first kappa shape index (κ1) is 10.5. The molecule has 0 aromatic rings. The summed E-state index contributed by atoms with van der Waals surface area (Å²) < 4.78 is 0. The highest BCUT2D eigenvalue weighted by molar-refractivity contribution is 5.78. The van der Waals surface area contributed by atoms with Crippen molar-refractivity contribution < 1.29 is 4.79 Å². The lowest BCUT2D eigenvalue weighted by molar-refractivity contribution is -0.133. The third-order valence-corrected chi connectivity index (χ3v) is 2.38. The number of hydrogen-bond donors (Lipinski definition) is 1. The monoisotopic (exact) mass is 185 g/mol. The van der Waals surface area contributed by atoms with Crippen molar-refractivity contribution in [2.75, 3.05) is 47.3 Å². The number of carbonyl (C=O) groups excluding carboxylic acids is 1. The van der Waals surface area contributed by atoms with Gasteiger partial charge in [-0.1, -0.05) is 0 Å². The number of amides is 1. The fourth-order valence-electron chi connectivity index (χ4n) is 1.61. The van der Waals surface area contributed by atoms with E-state index in [1.54, 1.807) is 4.90 Å². The van der Waals surface area contributed by atoms with Gasteiger partial charge in [0.05, 0.1) is 5.92 Å². The fourth-order valence-corrected chi connectivity index (χ4v) is 1.61. The molecular weight excluding hydrogens is 166 g/mol. The Balaban J connectivity index is 2.52. The third-order valence-electron chi connectivity index (χ3n) is 2.38. The van der Waals surface area contributed by atoms with Gasteiger partial charge in [-0.3, -0.25) is 4.79 Å². The summed E-state index contributed by atoms with van der Waals surface area (Å²) in [5.74, 6) is 0.337. The lowest BCUT2D eigenvalue weighted by Crippen LogP contribution is -2.38. The van der Waals surface area contributed by atoms with Crippen molar-refractivity contribution >= 4 is 5.91 Å². The van der Waals surface area contributed by atoms with Crippen LogP contribution in [0.1, 0.15) is 0 Å². The maximum atomic E-state index is 11.7. The Morgan fingerprint density at radius 1 is 1.54 bits per heavy atom. The summed E-state index contributed by atoms with van der Waals surface area (Å²) >= 11 is 0. The van der Waals surface area contributed by atoms with E-state index in [0.29, 0.717) is 0 Å². The predicted molar refractivity (Wildman–Crippen MR) is 52.6 cm³/mol. The maximum Gasteiger partial charge on any atom is 0.227 e. The molecule has 1 aliphatic rings. The minimum absolute atomic E-state index is 0.113. The summed E-state index contributed by atoms with van der Waals surface area (Å²) in [5, 5.41) is 3.27. The molecule has 4 nitrogen and oxygen atoms in total. The zero-order valence-electron chi connectivity index (χ0n) is 8.71. The average Bonchev–Trinajstić information content (AvgIpc) is 2.28. The quantitative estimate of drug-likeness (QED) is 0.582. The van der Waals surface area contributed by atoms with Gasteiger partial charge in [-0.05, 0) is 7.05 Å². The molecule has 1 N–H and O–H groups in total. The Morgan fingerprint density at radius 2 is 2.23 bits per heavy atom. The van der Waals surface area contributed by atoms with Gasteiger partial charge >= 0.3 is 0 Å². The van der Waals surface area contributed by atoms with E-state index in [0.717, 1.165) is 26.2 Å². The summed E-state index contributed by atoms with van der Waals surface area (Å²) in [6.07, 6.45) is 0. The number of nitrogens with zero attached hydrogens (tertiary/aromatic N) is 2. The second-order valence-corrected chi connectivity index (χ2v) is 3.90. The summed E-state index contributed by atoms with van der Waals surface area (Å²) in [7, 11) is 5.68. The minimum Gasteiger partial charge on any atom is -0.348 e. The fraction of sp³-hybridized carbons (Fsp3) is 0.889. The van der Waals surface area contributed by atoms with Crippen LogP contribution in [0.15, 0.2) is 0 Å². The molecule has 0 saturated carbocycles. The molecule has 1 unspecified atom stereocenters. The van der Waals surface area contributed by atoms with Crippen LogP contribution >= 0.6 is 0 Å². The number of likely N-dealkylation sites (N-methyl/N-ethyl adjacent to an activating group) is 1. The van der Waals surface area contributed by atoms with Gasteiger partial charge in [0.2, 0.25) is 5.91 Å². The van der Waals surface area contributed by atoms with Gasteiger partial charge in [-0.15, -0.1) is 0 Å². The second kappa shape index (κ2) is 4.58. The first-order chi connectivity index (χ1) is 6.11. The van der Waals surface area contributed by atoms with Crippen molar-refractivity contribution in [1.82, 2.24) is 15.1 Å². The Labute approximate surface area is 79.9 Å². The lowest BCUT2D eigenvalue weighted by Gasteiger charge is -2.21. The maximum absolute atomic E-state index is 11.7. The molecule has 0 aliphatic carbocycles. The Hall–Kier alpha value is -0.610. The van der Waals surface area contributed by atoms with Crippen LogP contribution in [-0.4, -0.2) is 63.0 Å². The van der Waals surface area contributed by atoms with Crippen molar-refractivity contribution in [3.05, 3.63) is 0 Å². The van der Waals surface area contributed by atoms with Gasteiger partial charge in [0.25, 0.3) is 0 Å². The zero-order chi connectivity index (χ0) is 9.84. The lowest BCUT2D eigenvalue weighted by atomic mass is 10.1. The second-order valence-electron chi connectivity index (χ2n) is 3.90. The molecule has 76 valence electrons. The molecule has 1 atom stereocenters. The standard InChI is InChI=1S/C9H19N3O/c1-11(2)9(13)8-6-10-4-5-12(3)7-8/h8,10H,4-7H2,1-3H3. The molecule has 0 bridgehead atoms. The van der Waals surface area contributed by atoms with E-state index in [9.17, 15) is 4.79 Å². The molecule has 1 saturated heterocycles. The van der Waals surface area contributed by atoms with Gasteiger partial charge < -0.3 is 15.1 Å². The van der Waals surface area contributed by atoms with E-state index in [4.69, 9.17) is 0 Å². The van der Waals surface area contributed by atoms with E-state index < -0.39 is 0 Å². The largest absolute Gasteiger partial charge is 0.348 e. The number of nitrogens with one attached hydrogen (secondary N) is 1. The molecule has 0 aromatic carbocycles. The molecule has 1 fully saturated rings. The SMILES string of the molecule is CN1CCNCC(C(=O)N(C)C)C1. The van der Waals surface area contributed by atoms with E-state index in [2.05, 4.69) is 17.3 Å². The summed E-state index contributed by atoms with van der Waals surface area (Å²) in [5.41, 5.74) is 0. The zero-order valence-corrected chi connectivity index (χ0v) is 8.71. The minimum atomic E-state index is 0.113. The van der Waals surface area contributed by atoms with Crippen LogP contribution in [0.4, 0.5) is 0 Å². The summed E-state index contributed by atoms with van der Waals surface area (Å²) in [4.78, 5) is 15.5. The average molecular weight is 185 g/mol. The molecule has 4 heteroatoms. The molecule has 13 heavy (non-hydrogen) atoms. The van der Waals surface area contributed by atoms with E-state index in [1.807, 2.05) is 14.1 Å². The van der Waals surface area contributed by atoms with Crippen LogP contribution in [0.25, 0.3) is 0 Å². The van der Waals surface area contributed by atoms with Crippen LogP contribution in [-0.2, 0) is 4.79 Å². The molecule has 1 rings (SSSR count). The number of carbonyl (C=O) groups is 1. The van der Waals surface area contributed by atoms with Gasteiger partial charge in [-0.25, -0.2) is 0 Å². The van der Waals surface area contributed by atoms with E-state index in [-0.39, 0.29) is 11.8 Å². The van der Waals surface area contributed by atoms with Crippen LogP contribution in [0.5, 0.6) is 0 Å². The van der Waals surface area contributed by atoms with Gasteiger partial charge in [-0.2, -0.15) is 0 Å². The normalized spacial score (nSPS) is 25.3. The van der Waals surface area contributed by atoms with Crippen molar-refractivity contribution in [1.29, 1.82) is 0 Å². The first-order valence-electron chi connectivity index (χ1n) is 4.71. The van der Waals surface area contributed by atoms with Crippen molar-refractivity contribution in [3.63, 3.8) is 0 Å². The highest BCUT2D eigenvalue weighted by Gasteiger charge is 2.23. The van der Waals surface area contributed by atoms with Crippen molar-refractivity contribution in [2.45, 2.75) is 0 Å². The van der Waals surface area contributed by atoms with Crippen molar-refractivity contribution in [3.8, 4) is 0 Å². The van der Waals surface area contributed by atoms with Gasteiger partial charge in [0.1, 0.15) is 0 Å². The molecule has 0 aromatic heterocycles. The van der Waals surface area contributed by atoms with Crippen LogP contribution < -0.4 is 5.32 Å². The highest BCUT2D eigenvalue weighted by atomic mass is 16.2. The highest BCUT2D eigenvalue weighted by Crippen LogP contribution is 2.04. The smallest absolute Gasteiger partial charge is 0.227 e. The third kappa shape index (κ3) is 2.97. The van der Waals surface area contributed by atoms with Crippen molar-refractivity contribution in [2.24, 2.45) is 5.92 Å². The Bertz CT molecular complexity index is 182. The molecular formula is C9H19N3O. The number of hydrogen-bond acceptors (Lipinski definition) is 3. The van der Waals surface area contributed by atoms with Crippen LogP contribution in [0, 0.1) is 5.92 Å². The van der Waals surface area contributed by atoms with E-state index in [1.165, 1.54) is 0 Å². The number of rotatable bonds is 1. The summed E-state index contributed by atoms with van der Waals surface area (Å²) in [6, 6.07) is 0. The van der Waals surface area contributed by atoms with Crippen LogP contribution in [0.3, 0.4) is 0 Å². The molecule has 0 radical (unpaired) electrons. The molecule has 1 amide bonds. The topological polar surface area (TPSA) is 35.6 Å². The molecule has 1 aliphatic heterocycles. The summed E-state index contributed by atoms with van der Waals surface area (Å²) in [6.45, 7) is 3.68. The predicted octanol–water partition coefficient (Wildman–Crippen LogP) is -0.774. The molecule has 0 spiro atoms. The Morgan fingerprint density at radius 3 is 2.85 bits per heavy atom. The molecule has 1 heterocycles.